The van der Waals surface area contributed by atoms with Crippen molar-refractivity contribution in [2.45, 2.75) is 32.1 Å². The zero-order valence-corrected chi connectivity index (χ0v) is 10.2. The number of likely N-dealkylation sites (N-methyl/N-ethyl adjacent to an activating group) is 1. The molecule has 0 aromatic heterocycles. The molecule has 1 aromatic carbocycles. The second-order valence-corrected chi connectivity index (χ2v) is 4.58. The molecule has 1 aromatic rings. The largest absolute Gasteiger partial charge is 0.478 e. The van der Waals surface area contributed by atoms with Crippen molar-refractivity contribution < 1.29 is 9.90 Å². The van der Waals surface area contributed by atoms with Gasteiger partial charge in [0, 0.05) is 6.54 Å². The van der Waals surface area contributed by atoms with Gasteiger partial charge in [0.2, 0.25) is 0 Å². The van der Waals surface area contributed by atoms with Crippen LogP contribution < -0.4 is 5.32 Å². The topological polar surface area (TPSA) is 49.3 Å². The third-order valence-electron chi connectivity index (χ3n) is 3.50. The van der Waals surface area contributed by atoms with Crippen LogP contribution in [0, 0.1) is 0 Å². The van der Waals surface area contributed by atoms with E-state index in [-0.39, 0.29) is 0 Å². The molecule has 2 N–H and O–H groups in total. The van der Waals surface area contributed by atoms with Crippen molar-refractivity contribution in [3.8, 4) is 0 Å². The molecule has 0 amide bonds. The smallest absolute Gasteiger partial charge is 0.335 e. The lowest BCUT2D eigenvalue weighted by molar-refractivity contribution is 0.0695. The van der Waals surface area contributed by atoms with E-state index < -0.39 is 5.97 Å². The molecule has 0 heterocycles. The maximum Gasteiger partial charge on any atom is 0.335 e. The molecule has 1 unspecified atom stereocenters. The SMILES string of the molecule is CCNCC1CCCc2c(C(=O)O)cccc21. The van der Waals surface area contributed by atoms with Crippen LogP contribution in [0.4, 0.5) is 0 Å². The number of hydrogen-bond acceptors (Lipinski definition) is 2. The van der Waals surface area contributed by atoms with Crippen LogP contribution in [-0.4, -0.2) is 24.2 Å². The van der Waals surface area contributed by atoms with Gasteiger partial charge in [0.15, 0.2) is 0 Å². The third-order valence-corrected chi connectivity index (χ3v) is 3.50. The number of fused-ring (bicyclic) bond motifs is 1. The van der Waals surface area contributed by atoms with Crippen molar-refractivity contribution in [1.29, 1.82) is 0 Å². The molecule has 1 atom stereocenters. The zero-order valence-electron chi connectivity index (χ0n) is 10.2. The van der Waals surface area contributed by atoms with Crippen LogP contribution in [0.3, 0.4) is 0 Å². The standard InChI is InChI=1S/C14H19NO2/c1-2-15-9-10-5-3-7-12-11(10)6-4-8-13(12)14(16)17/h4,6,8,10,15H,2-3,5,7,9H2,1H3,(H,16,17). The molecule has 0 saturated heterocycles. The lowest BCUT2D eigenvalue weighted by Crippen LogP contribution is -2.25. The van der Waals surface area contributed by atoms with Gasteiger partial charge >= 0.3 is 5.97 Å². The van der Waals surface area contributed by atoms with E-state index in [1.807, 2.05) is 6.07 Å². The lowest BCUT2D eigenvalue weighted by Gasteiger charge is -2.26. The van der Waals surface area contributed by atoms with Crippen molar-refractivity contribution >= 4 is 5.97 Å². The minimum Gasteiger partial charge on any atom is -0.478 e. The fraction of sp³-hybridized carbons (Fsp3) is 0.500. The number of benzene rings is 1. The van der Waals surface area contributed by atoms with Gasteiger partial charge in [-0.2, -0.15) is 0 Å². The van der Waals surface area contributed by atoms with Crippen LogP contribution >= 0.6 is 0 Å². The molecule has 1 aliphatic rings. The van der Waals surface area contributed by atoms with Gasteiger partial charge in [0.1, 0.15) is 0 Å². The van der Waals surface area contributed by atoms with Gasteiger partial charge in [-0.25, -0.2) is 4.79 Å². The van der Waals surface area contributed by atoms with Gasteiger partial charge in [0.05, 0.1) is 5.56 Å². The van der Waals surface area contributed by atoms with E-state index >= 15 is 0 Å². The highest BCUT2D eigenvalue weighted by Crippen LogP contribution is 2.33. The normalized spacial score (nSPS) is 18.8. The number of hydrogen-bond donors (Lipinski definition) is 2. The van der Waals surface area contributed by atoms with E-state index in [9.17, 15) is 9.90 Å². The second kappa shape index (κ2) is 5.32. The predicted octanol–water partition coefficient (Wildman–Crippen LogP) is 2.41. The fourth-order valence-corrected chi connectivity index (χ4v) is 2.68. The zero-order chi connectivity index (χ0) is 12.3. The highest BCUT2D eigenvalue weighted by Gasteiger charge is 2.23. The Kier molecular flexibility index (Phi) is 3.79. The molecule has 2 rings (SSSR count). The van der Waals surface area contributed by atoms with Crippen LogP contribution in [-0.2, 0) is 6.42 Å². The van der Waals surface area contributed by atoms with Gasteiger partial charge in [0.25, 0.3) is 0 Å². The summed E-state index contributed by atoms with van der Waals surface area (Å²) in [4.78, 5) is 11.2. The first-order valence-electron chi connectivity index (χ1n) is 6.29. The molecule has 0 aliphatic heterocycles. The average Bonchev–Trinajstić information content (AvgIpc) is 2.35. The van der Waals surface area contributed by atoms with E-state index in [0.29, 0.717) is 11.5 Å². The Bertz CT molecular complexity index is 415. The van der Waals surface area contributed by atoms with E-state index in [2.05, 4.69) is 18.3 Å². The molecule has 3 nitrogen and oxygen atoms in total. The quantitative estimate of drug-likeness (QED) is 0.839. The maximum absolute atomic E-state index is 11.2. The number of carboxylic acids is 1. The molecule has 0 radical (unpaired) electrons. The Balaban J connectivity index is 2.32. The Morgan fingerprint density at radius 2 is 2.35 bits per heavy atom. The number of nitrogens with one attached hydrogen (secondary N) is 1. The van der Waals surface area contributed by atoms with Crippen molar-refractivity contribution in [3.05, 3.63) is 34.9 Å². The second-order valence-electron chi connectivity index (χ2n) is 4.58. The molecule has 3 heteroatoms. The lowest BCUT2D eigenvalue weighted by atomic mass is 9.80. The van der Waals surface area contributed by atoms with Gasteiger partial charge in [-0.3, -0.25) is 0 Å². The van der Waals surface area contributed by atoms with E-state index in [4.69, 9.17) is 0 Å². The van der Waals surface area contributed by atoms with Crippen LogP contribution in [0.5, 0.6) is 0 Å². The van der Waals surface area contributed by atoms with Crippen molar-refractivity contribution in [1.82, 2.24) is 5.32 Å². The van der Waals surface area contributed by atoms with E-state index in [1.165, 1.54) is 5.56 Å². The summed E-state index contributed by atoms with van der Waals surface area (Å²) >= 11 is 0. The molecule has 0 saturated carbocycles. The first-order valence-corrected chi connectivity index (χ1v) is 6.29. The minimum atomic E-state index is -0.800. The Morgan fingerprint density at radius 1 is 1.53 bits per heavy atom. The van der Waals surface area contributed by atoms with E-state index in [1.54, 1.807) is 6.07 Å². The molecule has 92 valence electrons. The van der Waals surface area contributed by atoms with Crippen LogP contribution in [0.2, 0.25) is 0 Å². The average molecular weight is 233 g/mol. The maximum atomic E-state index is 11.2. The summed E-state index contributed by atoms with van der Waals surface area (Å²) in [6, 6.07) is 5.67. The van der Waals surface area contributed by atoms with Crippen molar-refractivity contribution in [2.24, 2.45) is 0 Å². The summed E-state index contributed by atoms with van der Waals surface area (Å²) in [5.74, 6) is -0.330. The highest BCUT2D eigenvalue weighted by atomic mass is 16.4. The van der Waals surface area contributed by atoms with Crippen molar-refractivity contribution in [3.63, 3.8) is 0 Å². The summed E-state index contributed by atoms with van der Waals surface area (Å²) < 4.78 is 0. The monoisotopic (exact) mass is 233 g/mol. The predicted molar refractivity (Wildman–Crippen MR) is 67.6 cm³/mol. The van der Waals surface area contributed by atoms with Gasteiger partial charge in [-0.1, -0.05) is 19.1 Å². The number of carboxylic acid groups (broad SMARTS) is 1. The Labute approximate surface area is 102 Å². The van der Waals surface area contributed by atoms with Crippen molar-refractivity contribution in [2.75, 3.05) is 13.1 Å². The summed E-state index contributed by atoms with van der Waals surface area (Å²) in [7, 11) is 0. The van der Waals surface area contributed by atoms with Crippen LogP contribution in [0.15, 0.2) is 18.2 Å². The van der Waals surface area contributed by atoms with Gasteiger partial charge in [-0.05, 0) is 48.9 Å². The number of rotatable bonds is 4. The molecular formula is C14H19NO2. The molecule has 0 bridgehead atoms. The number of carbonyl (C=O) groups is 1. The Hall–Kier alpha value is -1.35. The first kappa shape index (κ1) is 12.1. The summed E-state index contributed by atoms with van der Waals surface area (Å²) in [5, 5.41) is 12.5. The molecular weight excluding hydrogens is 214 g/mol. The summed E-state index contributed by atoms with van der Waals surface area (Å²) in [6.45, 7) is 4.01. The molecule has 0 fully saturated rings. The van der Waals surface area contributed by atoms with Gasteiger partial charge < -0.3 is 10.4 Å². The van der Waals surface area contributed by atoms with Crippen LogP contribution in [0.25, 0.3) is 0 Å². The molecule has 0 spiro atoms. The van der Waals surface area contributed by atoms with Crippen LogP contribution in [0.1, 0.15) is 47.2 Å². The number of aromatic carboxylic acids is 1. The fourth-order valence-electron chi connectivity index (χ4n) is 2.68. The Morgan fingerprint density at radius 3 is 3.06 bits per heavy atom. The molecule has 1 aliphatic carbocycles. The molecule has 17 heavy (non-hydrogen) atoms. The highest BCUT2D eigenvalue weighted by molar-refractivity contribution is 5.90. The summed E-state index contributed by atoms with van der Waals surface area (Å²) in [6.07, 6.45) is 3.15. The van der Waals surface area contributed by atoms with Gasteiger partial charge in [-0.15, -0.1) is 0 Å². The minimum absolute atomic E-state index is 0.470. The third kappa shape index (κ3) is 2.50. The van der Waals surface area contributed by atoms with E-state index in [0.717, 1.165) is 37.9 Å². The first-order chi connectivity index (χ1) is 8.24. The summed E-state index contributed by atoms with van der Waals surface area (Å²) in [5.41, 5.74) is 2.77.